The molecule has 2 amide bonds. The highest BCUT2D eigenvalue weighted by Gasteiger charge is 2.32. The molecule has 0 spiro atoms. The fraction of sp³-hybridized carbons (Fsp3) is 0.520. The van der Waals surface area contributed by atoms with Gasteiger partial charge >= 0.3 is 0 Å². The number of nitrogens with zero attached hydrogens (tertiary/aromatic N) is 4. The molecule has 2 aliphatic rings. The second kappa shape index (κ2) is 10.1. The van der Waals surface area contributed by atoms with E-state index >= 15 is 0 Å². The number of likely N-dealkylation sites (tertiary alicyclic amines) is 1. The number of carbonyl (C=O) groups is 2. The Kier molecular flexibility index (Phi) is 7.02. The molecule has 2 heterocycles. The molecule has 1 saturated heterocycles. The van der Waals surface area contributed by atoms with Crippen LogP contribution >= 0.6 is 0 Å². The van der Waals surface area contributed by atoms with E-state index in [9.17, 15) is 9.59 Å². The number of rotatable bonds is 7. The minimum atomic E-state index is 0.0272. The van der Waals surface area contributed by atoms with Crippen LogP contribution in [0.1, 0.15) is 61.5 Å². The maximum Gasteiger partial charge on any atom is 0.225 e. The first kappa shape index (κ1) is 22.2. The average Bonchev–Trinajstić information content (AvgIpc) is 3.19. The first-order valence-electron chi connectivity index (χ1n) is 11.7. The molecule has 1 aliphatic carbocycles. The monoisotopic (exact) mass is 435 g/mol. The number of hydrogen-bond donors (Lipinski definition) is 1. The number of anilines is 1. The summed E-state index contributed by atoms with van der Waals surface area (Å²) in [7, 11) is 3.67. The number of carbonyl (C=O) groups excluding carboxylic acids is 2. The van der Waals surface area contributed by atoms with Crippen molar-refractivity contribution in [1.29, 1.82) is 0 Å². The van der Waals surface area contributed by atoms with Crippen LogP contribution in [0.4, 0.5) is 5.82 Å². The molecular weight excluding hydrogens is 402 g/mol. The second-order valence-electron chi connectivity index (χ2n) is 9.03. The highest BCUT2D eigenvalue weighted by molar-refractivity contribution is 5.80. The van der Waals surface area contributed by atoms with Gasteiger partial charge in [-0.05, 0) is 18.4 Å². The van der Waals surface area contributed by atoms with E-state index in [0.717, 1.165) is 42.8 Å². The van der Waals surface area contributed by atoms with Gasteiger partial charge in [0.2, 0.25) is 11.8 Å². The number of nitrogens with one attached hydrogen (secondary N) is 1. The van der Waals surface area contributed by atoms with Crippen molar-refractivity contribution in [2.75, 3.05) is 26.0 Å². The molecule has 1 unspecified atom stereocenters. The quantitative estimate of drug-likeness (QED) is 0.719. The summed E-state index contributed by atoms with van der Waals surface area (Å²) >= 11 is 0. The summed E-state index contributed by atoms with van der Waals surface area (Å²) in [6.45, 7) is 1.64. The van der Waals surface area contributed by atoms with Crippen molar-refractivity contribution in [2.45, 2.75) is 57.5 Å². The molecule has 7 nitrogen and oxygen atoms in total. The fourth-order valence-electron chi connectivity index (χ4n) is 4.80. The van der Waals surface area contributed by atoms with Crippen molar-refractivity contribution in [1.82, 2.24) is 19.8 Å². The van der Waals surface area contributed by atoms with Crippen molar-refractivity contribution in [2.24, 2.45) is 5.92 Å². The summed E-state index contributed by atoms with van der Waals surface area (Å²) < 4.78 is 0. The Balaban J connectivity index is 1.46. The smallest absolute Gasteiger partial charge is 0.225 e. The van der Waals surface area contributed by atoms with Crippen LogP contribution in [-0.4, -0.2) is 52.2 Å². The number of aromatic nitrogens is 2. The summed E-state index contributed by atoms with van der Waals surface area (Å²) in [5, 5.41) is 3.11. The Morgan fingerprint density at radius 2 is 1.91 bits per heavy atom. The Morgan fingerprint density at radius 1 is 1.16 bits per heavy atom. The zero-order valence-corrected chi connectivity index (χ0v) is 19.1. The van der Waals surface area contributed by atoms with Gasteiger partial charge in [-0.2, -0.15) is 0 Å². The molecular formula is C25H33N5O2. The van der Waals surface area contributed by atoms with Gasteiger partial charge in [-0.25, -0.2) is 9.97 Å². The molecule has 1 saturated carbocycles. The molecule has 1 aromatic carbocycles. The van der Waals surface area contributed by atoms with E-state index in [1.165, 1.54) is 6.42 Å². The van der Waals surface area contributed by atoms with Crippen LogP contribution < -0.4 is 5.32 Å². The van der Waals surface area contributed by atoms with Gasteiger partial charge < -0.3 is 15.1 Å². The van der Waals surface area contributed by atoms with Gasteiger partial charge in [0.1, 0.15) is 11.6 Å². The lowest BCUT2D eigenvalue weighted by Gasteiger charge is -2.26. The fourth-order valence-corrected chi connectivity index (χ4v) is 4.80. The van der Waals surface area contributed by atoms with E-state index < -0.39 is 0 Å². The number of benzene rings is 1. The topological polar surface area (TPSA) is 78.4 Å². The van der Waals surface area contributed by atoms with E-state index in [1.54, 1.807) is 4.90 Å². The summed E-state index contributed by atoms with van der Waals surface area (Å²) in [4.78, 5) is 38.5. The predicted octanol–water partition coefficient (Wildman–Crippen LogP) is 3.57. The van der Waals surface area contributed by atoms with Gasteiger partial charge in [-0.3, -0.25) is 9.59 Å². The molecule has 4 rings (SSSR count). The maximum absolute atomic E-state index is 12.9. The molecule has 170 valence electrons. The van der Waals surface area contributed by atoms with E-state index in [4.69, 9.17) is 4.98 Å². The number of hydrogen-bond acceptors (Lipinski definition) is 5. The molecule has 7 heteroatoms. The van der Waals surface area contributed by atoms with Crippen LogP contribution in [-0.2, 0) is 22.7 Å². The van der Waals surface area contributed by atoms with Crippen molar-refractivity contribution >= 4 is 17.6 Å². The van der Waals surface area contributed by atoms with Crippen molar-refractivity contribution in [3.05, 3.63) is 53.5 Å². The zero-order chi connectivity index (χ0) is 22.5. The van der Waals surface area contributed by atoms with Crippen molar-refractivity contribution < 1.29 is 9.59 Å². The van der Waals surface area contributed by atoms with Crippen molar-refractivity contribution in [3.63, 3.8) is 0 Å². The van der Waals surface area contributed by atoms with E-state index in [2.05, 4.69) is 10.3 Å². The predicted molar refractivity (Wildman–Crippen MR) is 124 cm³/mol. The maximum atomic E-state index is 12.9. The molecule has 1 atom stereocenters. The Labute approximate surface area is 190 Å². The molecule has 1 N–H and O–H groups in total. The average molecular weight is 436 g/mol. The van der Waals surface area contributed by atoms with Gasteiger partial charge in [-0.15, -0.1) is 0 Å². The van der Waals surface area contributed by atoms with Gasteiger partial charge in [0.15, 0.2) is 0 Å². The second-order valence-corrected chi connectivity index (χ2v) is 9.03. The van der Waals surface area contributed by atoms with Crippen LogP contribution in [0.2, 0.25) is 0 Å². The van der Waals surface area contributed by atoms with Crippen LogP contribution in [0.15, 0.2) is 36.4 Å². The Bertz CT molecular complexity index is 943. The molecule has 2 aromatic rings. The highest BCUT2D eigenvalue weighted by Crippen LogP contribution is 2.30. The lowest BCUT2D eigenvalue weighted by molar-refractivity contribution is -0.135. The minimum absolute atomic E-state index is 0.0272. The third kappa shape index (κ3) is 5.26. The SMILES string of the molecule is CNc1cc(C2CC(=O)N(Cc3ccccc3)C2)nc(CN(C)C(=O)C2CCCCC2)n1. The Hall–Kier alpha value is -2.96. The molecule has 32 heavy (non-hydrogen) atoms. The third-order valence-corrected chi connectivity index (χ3v) is 6.61. The highest BCUT2D eigenvalue weighted by atomic mass is 16.2. The number of amides is 2. The lowest BCUT2D eigenvalue weighted by atomic mass is 9.88. The van der Waals surface area contributed by atoms with E-state index in [1.807, 2.05) is 55.4 Å². The van der Waals surface area contributed by atoms with E-state index in [0.29, 0.717) is 31.9 Å². The summed E-state index contributed by atoms with van der Waals surface area (Å²) in [6.07, 6.45) is 5.90. The van der Waals surface area contributed by atoms with Crippen LogP contribution in [0.3, 0.4) is 0 Å². The normalized spacial score (nSPS) is 19.2. The standard InChI is InChI=1S/C25H33N5O2/c1-26-22-14-21(20-13-24(31)30(16-20)15-18-9-5-3-6-10-18)27-23(28-22)17-29(2)25(32)19-11-7-4-8-12-19/h3,5-6,9-10,14,19-20H,4,7-8,11-13,15-17H2,1-2H3,(H,26,27,28). The van der Waals surface area contributed by atoms with Gasteiger partial charge in [0.25, 0.3) is 0 Å². The molecule has 2 fully saturated rings. The van der Waals surface area contributed by atoms with Crippen LogP contribution in [0.25, 0.3) is 0 Å². The lowest BCUT2D eigenvalue weighted by Crippen LogP contribution is -2.34. The van der Waals surface area contributed by atoms with Gasteiger partial charge in [-0.1, -0.05) is 49.6 Å². The largest absolute Gasteiger partial charge is 0.373 e. The minimum Gasteiger partial charge on any atom is -0.373 e. The molecule has 1 aromatic heterocycles. The Morgan fingerprint density at radius 3 is 2.62 bits per heavy atom. The van der Waals surface area contributed by atoms with Gasteiger partial charge in [0.05, 0.1) is 12.2 Å². The summed E-state index contributed by atoms with van der Waals surface area (Å²) in [5.74, 6) is 1.83. The zero-order valence-electron chi connectivity index (χ0n) is 19.1. The third-order valence-electron chi connectivity index (χ3n) is 6.61. The molecule has 0 bridgehead atoms. The molecule has 0 radical (unpaired) electrons. The van der Waals surface area contributed by atoms with Gasteiger partial charge in [0, 0.05) is 51.5 Å². The summed E-state index contributed by atoms with van der Waals surface area (Å²) in [6, 6.07) is 12.0. The van der Waals surface area contributed by atoms with Crippen LogP contribution in [0.5, 0.6) is 0 Å². The summed E-state index contributed by atoms with van der Waals surface area (Å²) in [5.41, 5.74) is 1.99. The first-order chi connectivity index (χ1) is 15.5. The molecule has 1 aliphatic heterocycles. The van der Waals surface area contributed by atoms with Crippen LogP contribution in [0, 0.1) is 5.92 Å². The first-order valence-corrected chi connectivity index (χ1v) is 11.7. The van der Waals surface area contributed by atoms with E-state index in [-0.39, 0.29) is 23.7 Å². The van der Waals surface area contributed by atoms with Crippen molar-refractivity contribution in [3.8, 4) is 0 Å².